The van der Waals surface area contributed by atoms with E-state index in [1.807, 2.05) is 10.8 Å². The second-order valence-electron chi connectivity index (χ2n) is 4.92. The van der Waals surface area contributed by atoms with Gasteiger partial charge in [-0.2, -0.15) is 0 Å². The molecule has 0 aliphatic carbocycles. The molecule has 0 radical (unpaired) electrons. The van der Waals surface area contributed by atoms with Crippen LogP contribution in [0.3, 0.4) is 0 Å². The summed E-state index contributed by atoms with van der Waals surface area (Å²) in [4.78, 5) is 25.8. The molecule has 1 aromatic carbocycles. The van der Waals surface area contributed by atoms with Crippen LogP contribution in [0.1, 0.15) is 12.0 Å². The average molecular weight is 334 g/mol. The van der Waals surface area contributed by atoms with Crippen molar-refractivity contribution in [2.45, 2.75) is 18.7 Å². The van der Waals surface area contributed by atoms with Crippen molar-refractivity contribution in [3.05, 3.63) is 58.7 Å². The molecule has 0 atom stereocenters. The first kappa shape index (κ1) is 17.0. The van der Waals surface area contributed by atoms with Gasteiger partial charge in [0.15, 0.2) is 0 Å². The summed E-state index contributed by atoms with van der Waals surface area (Å²) in [5.74, 6) is 1.03. The molecular formula is C15H18N4O3S. The number of aromatic nitrogens is 2. The van der Waals surface area contributed by atoms with Gasteiger partial charge in [-0.25, -0.2) is 4.98 Å². The van der Waals surface area contributed by atoms with Gasteiger partial charge in [-0.1, -0.05) is 12.1 Å². The number of non-ortho nitro benzene ring substituents is 1. The number of imidazole rings is 1. The molecule has 0 fully saturated rings. The smallest absolute Gasteiger partial charge is 0.269 e. The van der Waals surface area contributed by atoms with Crippen LogP contribution in [0.5, 0.6) is 0 Å². The summed E-state index contributed by atoms with van der Waals surface area (Å²) >= 11 is 1.49. The minimum absolute atomic E-state index is 0.00235. The molecule has 23 heavy (non-hydrogen) atoms. The molecule has 0 saturated heterocycles. The van der Waals surface area contributed by atoms with E-state index in [2.05, 4.69) is 10.3 Å². The number of amides is 1. The number of thioether (sulfide) groups is 1. The van der Waals surface area contributed by atoms with Gasteiger partial charge >= 0.3 is 0 Å². The zero-order valence-electron chi connectivity index (χ0n) is 12.6. The van der Waals surface area contributed by atoms with Crippen molar-refractivity contribution in [3.8, 4) is 0 Å². The minimum Gasteiger partial charge on any atom is -0.355 e. The molecule has 7 nitrogen and oxygen atoms in total. The molecular weight excluding hydrogens is 316 g/mol. The van der Waals surface area contributed by atoms with Gasteiger partial charge in [-0.15, -0.1) is 11.8 Å². The molecule has 0 unspecified atom stereocenters. The summed E-state index contributed by atoms with van der Waals surface area (Å²) in [5.41, 5.74) is 1.04. The van der Waals surface area contributed by atoms with Crippen molar-refractivity contribution in [1.29, 1.82) is 0 Å². The third kappa shape index (κ3) is 6.11. The van der Waals surface area contributed by atoms with Crippen LogP contribution in [0, 0.1) is 10.1 Å². The van der Waals surface area contributed by atoms with Crippen molar-refractivity contribution in [2.24, 2.45) is 0 Å². The highest BCUT2D eigenvalue weighted by Crippen LogP contribution is 2.16. The van der Waals surface area contributed by atoms with Crippen molar-refractivity contribution in [3.63, 3.8) is 0 Å². The summed E-state index contributed by atoms with van der Waals surface area (Å²) in [6, 6.07) is 6.39. The number of carbonyl (C=O) groups is 1. The maximum absolute atomic E-state index is 11.7. The Morgan fingerprint density at radius 3 is 2.78 bits per heavy atom. The largest absolute Gasteiger partial charge is 0.355 e. The third-order valence-corrected chi connectivity index (χ3v) is 4.13. The molecule has 1 aromatic heterocycles. The number of carbonyl (C=O) groups excluding carboxylic acids is 1. The predicted molar refractivity (Wildman–Crippen MR) is 89.1 cm³/mol. The fourth-order valence-corrected chi connectivity index (χ4v) is 2.75. The van der Waals surface area contributed by atoms with Crippen LogP contribution in [-0.4, -0.2) is 32.7 Å². The van der Waals surface area contributed by atoms with Crippen LogP contribution in [0.2, 0.25) is 0 Å². The number of rotatable bonds is 9. The van der Waals surface area contributed by atoms with Crippen molar-refractivity contribution in [1.82, 2.24) is 14.9 Å². The van der Waals surface area contributed by atoms with Crippen LogP contribution in [0.25, 0.3) is 0 Å². The van der Waals surface area contributed by atoms with Gasteiger partial charge in [0, 0.05) is 43.4 Å². The quantitative estimate of drug-likeness (QED) is 0.431. The van der Waals surface area contributed by atoms with Gasteiger partial charge in [0.2, 0.25) is 5.91 Å². The minimum atomic E-state index is -0.422. The summed E-state index contributed by atoms with van der Waals surface area (Å²) in [6.07, 6.45) is 6.23. The lowest BCUT2D eigenvalue weighted by Crippen LogP contribution is -2.26. The summed E-state index contributed by atoms with van der Waals surface area (Å²) in [7, 11) is 0. The molecule has 1 amide bonds. The van der Waals surface area contributed by atoms with Crippen LogP contribution in [-0.2, 0) is 17.1 Å². The van der Waals surface area contributed by atoms with E-state index in [9.17, 15) is 14.9 Å². The van der Waals surface area contributed by atoms with Gasteiger partial charge in [0.05, 0.1) is 17.0 Å². The van der Waals surface area contributed by atoms with E-state index in [-0.39, 0.29) is 11.6 Å². The van der Waals surface area contributed by atoms with Gasteiger partial charge in [-0.3, -0.25) is 14.9 Å². The normalized spacial score (nSPS) is 10.4. The van der Waals surface area contributed by atoms with Crippen LogP contribution < -0.4 is 5.32 Å². The van der Waals surface area contributed by atoms with E-state index in [1.54, 1.807) is 24.7 Å². The number of hydrogen-bond acceptors (Lipinski definition) is 5. The number of aryl methyl sites for hydroxylation is 1. The second kappa shape index (κ2) is 8.94. The standard InChI is InChI=1S/C15H18N4O3S/c20-15(17-6-1-8-18-9-7-16-12-18)11-23-10-13-2-4-14(5-3-13)19(21)22/h2-5,7,9,12H,1,6,8,10-11H2,(H,17,20). The molecule has 1 heterocycles. The SMILES string of the molecule is O=C(CSCc1ccc([N+](=O)[O-])cc1)NCCCn1ccnc1. The number of hydrogen-bond donors (Lipinski definition) is 1. The van der Waals surface area contributed by atoms with E-state index in [1.165, 1.54) is 23.9 Å². The Morgan fingerprint density at radius 1 is 1.35 bits per heavy atom. The molecule has 0 aliphatic rings. The second-order valence-corrected chi connectivity index (χ2v) is 5.91. The van der Waals surface area contributed by atoms with E-state index < -0.39 is 4.92 Å². The fraction of sp³-hybridized carbons (Fsp3) is 0.333. The van der Waals surface area contributed by atoms with Gasteiger partial charge in [0.25, 0.3) is 5.69 Å². The lowest BCUT2D eigenvalue weighted by atomic mass is 10.2. The van der Waals surface area contributed by atoms with Crippen molar-refractivity contribution in [2.75, 3.05) is 12.3 Å². The maximum atomic E-state index is 11.7. The Bertz CT molecular complexity index is 629. The number of nitro groups is 1. The van der Waals surface area contributed by atoms with E-state index in [0.29, 0.717) is 18.1 Å². The number of benzene rings is 1. The summed E-state index contributed by atoms with van der Waals surface area (Å²) < 4.78 is 1.97. The lowest BCUT2D eigenvalue weighted by molar-refractivity contribution is -0.384. The topological polar surface area (TPSA) is 90.1 Å². The van der Waals surface area contributed by atoms with E-state index in [4.69, 9.17) is 0 Å². The first-order chi connectivity index (χ1) is 11.1. The van der Waals surface area contributed by atoms with Crippen molar-refractivity contribution < 1.29 is 9.72 Å². The number of nitrogens with zero attached hydrogens (tertiary/aromatic N) is 3. The molecule has 2 rings (SSSR count). The highest BCUT2D eigenvalue weighted by molar-refractivity contribution is 7.99. The Hall–Kier alpha value is -2.35. The Morgan fingerprint density at radius 2 is 2.13 bits per heavy atom. The molecule has 2 aromatic rings. The highest BCUT2D eigenvalue weighted by atomic mass is 32.2. The van der Waals surface area contributed by atoms with Crippen LogP contribution in [0.15, 0.2) is 43.0 Å². The monoisotopic (exact) mass is 334 g/mol. The molecule has 0 bridgehead atoms. The Kier molecular flexibility index (Phi) is 6.61. The molecule has 1 N–H and O–H groups in total. The number of nitrogens with one attached hydrogen (secondary N) is 1. The molecule has 0 saturated carbocycles. The first-order valence-corrected chi connectivity index (χ1v) is 8.34. The zero-order chi connectivity index (χ0) is 16.5. The summed E-state index contributed by atoms with van der Waals surface area (Å²) in [6.45, 7) is 1.46. The molecule has 122 valence electrons. The lowest BCUT2D eigenvalue weighted by Gasteiger charge is -2.06. The first-order valence-electron chi connectivity index (χ1n) is 7.18. The molecule has 8 heteroatoms. The van der Waals surface area contributed by atoms with E-state index in [0.717, 1.165) is 18.5 Å². The Labute approximate surface area is 138 Å². The van der Waals surface area contributed by atoms with Crippen LogP contribution >= 0.6 is 11.8 Å². The zero-order valence-corrected chi connectivity index (χ0v) is 13.4. The highest BCUT2D eigenvalue weighted by Gasteiger charge is 2.05. The summed E-state index contributed by atoms with van der Waals surface area (Å²) in [5, 5.41) is 13.4. The molecule has 0 spiro atoms. The molecule has 0 aliphatic heterocycles. The predicted octanol–water partition coefficient (Wildman–Crippen LogP) is 2.23. The van der Waals surface area contributed by atoms with Crippen LogP contribution in [0.4, 0.5) is 5.69 Å². The van der Waals surface area contributed by atoms with Crippen molar-refractivity contribution >= 4 is 23.4 Å². The average Bonchev–Trinajstić information content (AvgIpc) is 3.05. The van der Waals surface area contributed by atoms with Gasteiger partial charge in [-0.05, 0) is 12.0 Å². The Balaban J connectivity index is 1.58. The van der Waals surface area contributed by atoms with Gasteiger partial charge < -0.3 is 9.88 Å². The maximum Gasteiger partial charge on any atom is 0.269 e. The van der Waals surface area contributed by atoms with Gasteiger partial charge in [0.1, 0.15) is 0 Å². The third-order valence-electron chi connectivity index (χ3n) is 3.12. The van der Waals surface area contributed by atoms with E-state index >= 15 is 0 Å². The number of nitro benzene ring substituents is 1. The fourth-order valence-electron chi connectivity index (χ4n) is 1.93.